The van der Waals surface area contributed by atoms with Gasteiger partial charge in [0.2, 0.25) is 10.0 Å². The number of benzene rings is 1. The largest absolute Gasteiger partial charge is 0.472 e. The monoisotopic (exact) mass is 280 g/mol. The number of aryl methyl sites for hydroxylation is 1. The lowest BCUT2D eigenvalue weighted by atomic mass is 10.2. The topological polar surface area (TPSA) is 102 Å². The number of amides is 1. The molecule has 1 aromatic carbocycles. The molecule has 0 saturated heterocycles. The van der Waals surface area contributed by atoms with Crippen LogP contribution in [-0.2, 0) is 10.0 Å². The first-order valence-electron chi connectivity index (χ1n) is 5.35. The van der Waals surface area contributed by atoms with Gasteiger partial charge in [-0.1, -0.05) is 0 Å². The van der Waals surface area contributed by atoms with Gasteiger partial charge in [-0.3, -0.25) is 4.79 Å². The molecule has 0 aliphatic rings. The van der Waals surface area contributed by atoms with Crippen LogP contribution in [0.5, 0.6) is 0 Å². The van der Waals surface area contributed by atoms with Gasteiger partial charge in [-0.2, -0.15) is 0 Å². The summed E-state index contributed by atoms with van der Waals surface area (Å²) in [6, 6.07) is 5.77. The minimum Gasteiger partial charge on any atom is -0.472 e. The zero-order valence-corrected chi connectivity index (χ0v) is 10.9. The van der Waals surface area contributed by atoms with E-state index < -0.39 is 10.0 Å². The Morgan fingerprint density at radius 1 is 1.32 bits per heavy atom. The Morgan fingerprint density at radius 3 is 2.58 bits per heavy atom. The van der Waals surface area contributed by atoms with Gasteiger partial charge in [0.05, 0.1) is 16.7 Å². The van der Waals surface area contributed by atoms with Gasteiger partial charge >= 0.3 is 0 Å². The van der Waals surface area contributed by atoms with Crippen LogP contribution in [0.1, 0.15) is 15.9 Å². The van der Waals surface area contributed by atoms with E-state index in [0.29, 0.717) is 16.8 Å². The second-order valence-electron chi connectivity index (χ2n) is 3.99. The summed E-state index contributed by atoms with van der Waals surface area (Å²) in [5.41, 5.74) is 1.50. The minimum absolute atomic E-state index is 0.00584. The number of anilines is 1. The number of primary sulfonamides is 1. The van der Waals surface area contributed by atoms with Gasteiger partial charge in [-0.15, -0.1) is 0 Å². The van der Waals surface area contributed by atoms with Crippen LogP contribution in [0.4, 0.5) is 5.69 Å². The van der Waals surface area contributed by atoms with E-state index >= 15 is 0 Å². The van der Waals surface area contributed by atoms with Gasteiger partial charge in [0, 0.05) is 5.69 Å². The number of nitrogens with two attached hydrogens (primary N) is 1. The van der Waals surface area contributed by atoms with E-state index in [1.807, 2.05) is 0 Å². The standard InChI is InChI=1S/C12H12N2O4S/c1-8-6-10(19(13,16)17)2-3-11(8)14-12(15)9-4-5-18-7-9/h2-7H,1H3,(H,14,15)(H2,13,16,17). The Morgan fingerprint density at radius 2 is 2.05 bits per heavy atom. The number of hydrogen-bond donors (Lipinski definition) is 2. The molecule has 2 rings (SSSR count). The summed E-state index contributed by atoms with van der Waals surface area (Å²) < 4.78 is 27.2. The van der Waals surface area contributed by atoms with Gasteiger partial charge in [0.25, 0.3) is 5.91 Å². The summed E-state index contributed by atoms with van der Waals surface area (Å²) in [6.45, 7) is 1.68. The zero-order chi connectivity index (χ0) is 14.0. The highest BCUT2D eigenvalue weighted by Crippen LogP contribution is 2.19. The molecule has 6 nitrogen and oxygen atoms in total. The fraction of sp³-hybridized carbons (Fsp3) is 0.0833. The van der Waals surface area contributed by atoms with Gasteiger partial charge < -0.3 is 9.73 Å². The van der Waals surface area contributed by atoms with Crippen molar-refractivity contribution in [1.82, 2.24) is 0 Å². The third kappa shape index (κ3) is 3.01. The highest BCUT2D eigenvalue weighted by atomic mass is 32.2. The molecule has 1 heterocycles. The van der Waals surface area contributed by atoms with Gasteiger partial charge in [-0.05, 0) is 36.8 Å². The Labute approximate surface area is 110 Å². The van der Waals surface area contributed by atoms with Crippen molar-refractivity contribution in [3.05, 3.63) is 47.9 Å². The molecule has 0 unspecified atom stereocenters. The fourth-order valence-electron chi connectivity index (χ4n) is 1.54. The number of rotatable bonds is 3. The lowest BCUT2D eigenvalue weighted by Crippen LogP contribution is -2.14. The number of hydrogen-bond acceptors (Lipinski definition) is 4. The van der Waals surface area contributed by atoms with Crippen molar-refractivity contribution >= 4 is 21.6 Å². The van der Waals surface area contributed by atoms with E-state index in [-0.39, 0.29) is 10.8 Å². The fourth-order valence-corrected chi connectivity index (χ4v) is 2.14. The first kappa shape index (κ1) is 13.3. The predicted molar refractivity (Wildman–Crippen MR) is 69.2 cm³/mol. The first-order chi connectivity index (χ1) is 8.88. The number of nitrogens with one attached hydrogen (secondary N) is 1. The molecule has 0 spiro atoms. The van der Waals surface area contributed by atoms with Crippen LogP contribution in [-0.4, -0.2) is 14.3 Å². The molecule has 0 fully saturated rings. The van der Waals surface area contributed by atoms with E-state index in [1.54, 1.807) is 6.92 Å². The van der Waals surface area contributed by atoms with E-state index in [1.165, 1.54) is 36.8 Å². The van der Waals surface area contributed by atoms with Crippen LogP contribution in [0.2, 0.25) is 0 Å². The number of carbonyl (C=O) groups excluding carboxylic acids is 1. The average Bonchev–Trinajstić information content (AvgIpc) is 2.84. The molecule has 19 heavy (non-hydrogen) atoms. The Balaban J connectivity index is 2.25. The summed E-state index contributed by atoms with van der Waals surface area (Å²) in [4.78, 5) is 11.8. The molecule has 7 heteroatoms. The number of carbonyl (C=O) groups is 1. The Kier molecular flexibility index (Phi) is 3.41. The van der Waals surface area contributed by atoms with Crippen molar-refractivity contribution in [3.8, 4) is 0 Å². The van der Waals surface area contributed by atoms with Crippen LogP contribution >= 0.6 is 0 Å². The van der Waals surface area contributed by atoms with Crippen LogP contribution in [0, 0.1) is 6.92 Å². The predicted octanol–water partition coefficient (Wildman–Crippen LogP) is 1.49. The van der Waals surface area contributed by atoms with Crippen molar-refractivity contribution in [2.75, 3.05) is 5.32 Å². The van der Waals surface area contributed by atoms with E-state index in [0.717, 1.165) is 0 Å². The molecule has 2 aromatic rings. The maximum atomic E-state index is 11.8. The molecule has 0 saturated carbocycles. The third-order valence-corrected chi connectivity index (χ3v) is 3.47. The number of sulfonamides is 1. The molecule has 0 bridgehead atoms. The van der Waals surface area contributed by atoms with Crippen LogP contribution in [0.15, 0.2) is 46.1 Å². The normalized spacial score (nSPS) is 11.3. The van der Waals surface area contributed by atoms with Gasteiger partial charge in [-0.25, -0.2) is 13.6 Å². The van der Waals surface area contributed by atoms with E-state index in [4.69, 9.17) is 9.56 Å². The first-order valence-corrected chi connectivity index (χ1v) is 6.89. The molecule has 0 atom stereocenters. The Hall–Kier alpha value is -2.12. The van der Waals surface area contributed by atoms with E-state index in [9.17, 15) is 13.2 Å². The molecule has 0 aliphatic heterocycles. The molecule has 3 N–H and O–H groups in total. The highest BCUT2D eigenvalue weighted by Gasteiger charge is 2.12. The van der Waals surface area contributed by atoms with Crippen molar-refractivity contribution in [3.63, 3.8) is 0 Å². The van der Waals surface area contributed by atoms with Crippen LogP contribution < -0.4 is 10.5 Å². The lowest BCUT2D eigenvalue weighted by molar-refractivity contribution is 0.102. The average molecular weight is 280 g/mol. The smallest absolute Gasteiger partial charge is 0.258 e. The van der Waals surface area contributed by atoms with Crippen molar-refractivity contribution < 1.29 is 17.6 Å². The SMILES string of the molecule is Cc1cc(S(N)(=O)=O)ccc1NC(=O)c1ccoc1. The quantitative estimate of drug-likeness (QED) is 0.889. The summed E-state index contributed by atoms with van der Waals surface area (Å²) >= 11 is 0. The van der Waals surface area contributed by atoms with Crippen molar-refractivity contribution in [2.24, 2.45) is 5.14 Å². The Bertz CT molecular complexity index is 705. The number of furan rings is 1. The maximum absolute atomic E-state index is 11.8. The van der Waals surface area contributed by atoms with Crippen LogP contribution in [0.3, 0.4) is 0 Å². The molecule has 0 aliphatic carbocycles. The zero-order valence-electron chi connectivity index (χ0n) is 10.1. The maximum Gasteiger partial charge on any atom is 0.258 e. The van der Waals surface area contributed by atoms with Crippen LogP contribution in [0.25, 0.3) is 0 Å². The third-order valence-electron chi connectivity index (χ3n) is 2.56. The molecule has 0 radical (unpaired) electrons. The molecule has 1 aromatic heterocycles. The molecular weight excluding hydrogens is 268 g/mol. The van der Waals surface area contributed by atoms with Crippen molar-refractivity contribution in [2.45, 2.75) is 11.8 Å². The molecular formula is C12H12N2O4S. The summed E-state index contributed by atoms with van der Waals surface area (Å²) in [6.07, 6.45) is 2.72. The van der Waals surface area contributed by atoms with Crippen molar-refractivity contribution in [1.29, 1.82) is 0 Å². The summed E-state index contributed by atoms with van der Waals surface area (Å²) in [7, 11) is -3.74. The highest BCUT2D eigenvalue weighted by molar-refractivity contribution is 7.89. The second-order valence-corrected chi connectivity index (χ2v) is 5.55. The molecule has 100 valence electrons. The summed E-state index contributed by atoms with van der Waals surface area (Å²) in [5, 5.41) is 7.68. The molecule has 1 amide bonds. The van der Waals surface area contributed by atoms with Gasteiger partial charge in [0.15, 0.2) is 0 Å². The summed E-state index contributed by atoms with van der Waals surface area (Å²) in [5.74, 6) is -0.333. The van der Waals surface area contributed by atoms with E-state index in [2.05, 4.69) is 5.32 Å². The second kappa shape index (κ2) is 4.87. The lowest BCUT2D eigenvalue weighted by Gasteiger charge is -2.08. The minimum atomic E-state index is -3.74. The van der Waals surface area contributed by atoms with Gasteiger partial charge in [0.1, 0.15) is 6.26 Å².